The molecule has 0 fully saturated rings. The van der Waals surface area contributed by atoms with Crippen molar-refractivity contribution in [1.29, 1.82) is 0 Å². The molecule has 16 heavy (non-hydrogen) atoms. The van der Waals surface area contributed by atoms with Gasteiger partial charge in [0.1, 0.15) is 0 Å². The molecule has 4 nitrogen and oxygen atoms in total. The van der Waals surface area contributed by atoms with Crippen LogP contribution in [0.15, 0.2) is 37.3 Å². The molecular formula is C12H12N4. The number of aryl methyl sites for hydroxylation is 1. The Labute approximate surface area is 94.1 Å². The molecule has 0 spiro atoms. The van der Waals surface area contributed by atoms with Gasteiger partial charge in [0.2, 0.25) is 5.95 Å². The van der Waals surface area contributed by atoms with E-state index in [1.165, 1.54) is 0 Å². The van der Waals surface area contributed by atoms with Crippen LogP contribution in [0.2, 0.25) is 0 Å². The molecule has 0 aromatic carbocycles. The van der Waals surface area contributed by atoms with Crippen LogP contribution in [-0.2, 0) is 0 Å². The highest BCUT2D eigenvalue weighted by Crippen LogP contribution is 2.12. The number of aromatic nitrogens is 3. The topological polar surface area (TPSA) is 50.7 Å². The first kappa shape index (κ1) is 10.3. The van der Waals surface area contributed by atoms with Crippen LogP contribution in [0.1, 0.15) is 11.3 Å². The van der Waals surface area contributed by atoms with Crippen LogP contribution in [-0.4, -0.2) is 15.0 Å². The lowest BCUT2D eigenvalue weighted by molar-refractivity contribution is 1.15. The van der Waals surface area contributed by atoms with Gasteiger partial charge in [-0.15, -0.1) is 0 Å². The molecule has 80 valence electrons. The monoisotopic (exact) mass is 212 g/mol. The summed E-state index contributed by atoms with van der Waals surface area (Å²) in [5, 5.41) is 3.10. The standard InChI is InChI=1S/C12H12N4/c1-3-10-7-14-12(15-8-10)16-11-4-5-13-9(2)6-11/h3-8H,1H2,2H3,(H,13,14,15,16). The number of nitrogens with one attached hydrogen (secondary N) is 1. The summed E-state index contributed by atoms with van der Waals surface area (Å²) in [5.74, 6) is 0.566. The fraction of sp³-hybridized carbons (Fsp3) is 0.0833. The van der Waals surface area contributed by atoms with Crippen molar-refractivity contribution in [2.45, 2.75) is 6.92 Å². The maximum Gasteiger partial charge on any atom is 0.227 e. The van der Waals surface area contributed by atoms with Gasteiger partial charge in [-0.2, -0.15) is 0 Å². The van der Waals surface area contributed by atoms with Crippen molar-refractivity contribution in [2.75, 3.05) is 5.32 Å². The van der Waals surface area contributed by atoms with E-state index < -0.39 is 0 Å². The molecule has 4 heteroatoms. The second-order valence-electron chi connectivity index (χ2n) is 3.36. The van der Waals surface area contributed by atoms with Gasteiger partial charge in [0, 0.05) is 35.5 Å². The van der Waals surface area contributed by atoms with Crippen molar-refractivity contribution in [1.82, 2.24) is 15.0 Å². The summed E-state index contributed by atoms with van der Waals surface area (Å²) in [6, 6.07) is 3.81. The summed E-state index contributed by atoms with van der Waals surface area (Å²) in [6.07, 6.45) is 6.89. The van der Waals surface area contributed by atoms with Gasteiger partial charge in [0.25, 0.3) is 0 Å². The van der Waals surface area contributed by atoms with Crippen LogP contribution in [0.25, 0.3) is 6.08 Å². The zero-order valence-corrected chi connectivity index (χ0v) is 9.01. The van der Waals surface area contributed by atoms with Gasteiger partial charge in [-0.3, -0.25) is 4.98 Å². The van der Waals surface area contributed by atoms with Gasteiger partial charge in [-0.1, -0.05) is 12.7 Å². The van der Waals surface area contributed by atoms with E-state index in [1.54, 1.807) is 24.7 Å². The predicted molar refractivity (Wildman–Crippen MR) is 64.4 cm³/mol. The average molecular weight is 212 g/mol. The van der Waals surface area contributed by atoms with E-state index in [0.717, 1.165) is 16.9 Å². The zero-order valence-electron chi connectivity index (χ0n) is 9.01. The van der Waals surface area contributed by atoms with Crippen molar-refractivity contribution in [3.8, 4) is 0 Å². The Balaban J connectivity index is 2.17. The number of hydrogen-bond donors (Lipinski definition) is 1. The predicted octanol–water partition coefficient (Wildman–Crippen LogP) is 2.57. The Morgan fingerprint density at radius 1 is 1.25 bits per heavy atom. The van der Waals surface area contributed by atoms with E-state index in [-0.39, 0.29) is 0 Å². The van der Waals surface area contributed by atoms with E-state index in [2.05, 4.69) is 26.8 Å². The summed E-state index contributed by atoms with van der Waals surface area (Å²) < 4.78 is 0. The van der Waals surface area contributed by atoms with Crippen LogP contribution in [0, 0.1) is 6.92 Å². The van der Waals surface area contributed by atoms with Gasteiger partial charge in [0.15, 0.2) is 0 Å². The molecule has 0 unspecified atom stereocenters. The van der Waals surface area contributed by atoms with Crippen molar-refractivity contribution >= 4 is 17.7 Å². The number of pyridine rings is 1. The number of rotatable bonds is 3. The molecule has 0 amide bonds. The lowest BCUT2D eigenvalue weighted by Gasteiger charge is -2.04. The quantitative estimate of drug-likeness (QED) is 0.849. The molecular weight excluding hydrogens is 200 g/mol. The number of hydrogen-bond acceptors (Lipinski definition) is 4. The zero-order chi connectivity index (χ0) is 11.4. The van der Waals surface area contributed by atoms with Gasteiger partial charge < -0.3 is 5.32 Å². The smallest absolute Gasteiger partial charge is 0.227 e. The first-order chi connectivity index (χ1) is 7.78. The van der Waals surface area contributed by atoms with Crippen LogP contribution >= 0.6 is 0 Å². The van der Waals surface area contributed by atoms with E-state index in [9.17, 15) is 0 Å². The highest BCUT2D eigenvalue weighted by Gasteiger charge is 1.97. The van der Waals surface area contributed by atoms with E-state index in [1.807, 2.05) is 19.1 Å². The molecule has 0 bridgehead atoms. The minimum Gasteiger partial charge on any atom is -0.324 e. The van der Waals surface area contributed by atoms with E-state index >= 15 is 0 Å². The van der Waals surface area contributed by atoms with Crippen LogP contribution in [0.4, 0.5) is 11.6 Å². The highest BCUT2D eigenvalue weighted by molar-refractivity contribution is 5.53. The molecule has 2 heterocycles. The molecule has 2 aromatic heterocycles. The molecule has 0 aliphatic rings. The summed E-state index contributed by atoms with van der Waals surface area (Å²) in [5.41, 5.74) is 2.78. The van der Waals surface area contributed by atoms with Gasteiger partial charge in [0.05, 0.1) is 0 Å². The van der Waals surface area contributed by atoms with Crippen molar-refractivity contribution in [3.63, 3.8) is 0 Å². The minimum absolute atomic E-state index is 0.566. The Kier molecular flexibility index (Phi) is 2.91. The summed E-state index contributed by atoms with van der Waals surface area (Å²) >= 11 is 0. The second-order valence-corrected chi connectivity index (χ2v) is 3.36. The fourth-order valence-electron chi connectivity index (χ4n) is 1.26. The average Bonchev–Trinajstić information content (AvgIpc) is 2.30. The van der Waals surface area contributed by atoms with Gasteiger partial charge >= 0.3 is 0 Å². The maximum absolute atomic E-state index is 4.16. The summed E-state index contributed by atoms with van der Waals surface area (Å²) in [7, 11) is 0. The minimum atomic E-state index is 0.566. The Bertz CT molecular complexity index is 491. The molecule has 0 saturated heterocycles. The first-order valence-electron chi connectivity index (χ1n) is 4.92. The second kappa shape index (κ2) is 4.53. The number of nitrogens with zero attached hydrogens (tertiary/aromatic N) is 3. The molecule has 0 aliphatic heterocycles. The van der Waals surface area contributed by atoms with Crippen molar-refractivity contribution < 1.29 is 0 Å². The SMILES string of the molecule is C=Cc1cnc(Nc2ccnc(C)c2)nc1. The first-order valence-corrected chi connectivity index (χ1v) is 4.92. The summed E-state index contributed by atoms with van der Waals surface area (Å²) in [6.45, 7) is 5.58. The molecule has 2 aromatic rings. The van der Waals surface area contributed by atoms with Gasteiger partial charge in [-0.25, -0.2) is 9.97 Å². The Morgan fingerprint density at radius 3 is 2.62 bits per heavy atom. The van der Waals surface area contributed by atoms with Crippen LogP contribution in [0.3, 0.4) is 0 Å². The lowest BCUT2D eigenvalue weighted by Crippen LogP contribution is -1.97. The maximum atomic E-state index is 4.16. The molecule has 0 aliphatic carbocycles. The third-order valence-corrected chi connectivity index (χ3v) is 2.06. The normalized spacial score (nSPS) is 9.81. The Hall–Kier alpha value is -2.23. The molecule has 0 saturated carbocycles. The molecule has 0 atom stereocenters. The van der Waals surface area contributed by atoms with Crippen molar-refractivity contribution in [3.05, 3.63) is 48.6 Å². The lowest BCUT2D eigenvalue weighted by atomic mass is 10.3. The summed E-state index contributed by atoms with van der Waals surface area (Å²) in [4.78, 5) is 12.4. The molecule has 0 radical (unpaired) electrons. The largest absolute Gasteiger partial charge is 0.324 e. The third-order valence-electron chi connectivity index (χ3n) is 2.06. The van der Waals surface area contributed by atoms with E-state index in [0.29, 0.717) is 5.95 Å². The molecule has 1 N–H and O–H groups in total. The van der Waals surface area contributed by atoms with Crippen LogP contribution in [0.5, 0.6) is 0 Å². The van der Waals surface area contributed by atoms with Crippen molar-refractivity contribution in [2.24, 2.45) is 0 Å². The van der Waals surface area contributed by atoms with Gasteiger partial charge in [-0.05, 0) is 19.1 Å². The molecule has 2 rings (SSSR count). The third kappa shape index (κ3) is 2.42. The number of anilines is 2. The highest BCUT2D eigenvalue weighted by atomic mass is 15.1. The fourth-order valence-corrected chi connectivity index (χ4v) is 1.26. The van der Waals surface area contributed by atoms with E-state index in [4.69, 9.17) is 0 Å². The van der Waals surface area contributed by atoms with Crippen LogP contribution < -0.4 is 5.32 Å². The Morgan fingerprint density at radius 2 is 2.00 bits per heavy atom.